The van der Waals surface area contributed by atoms with Crippen molar-refractivity contribution in [2.24, 2.45) is 0 Å². The lowest BCUT2D eigenvalue weighted by molar-refractivity contribution is 0.0239. The van der Waals surface area contributed by atoms with Gasteiger partial charge in [0, 0.05) is 30.7 Å². The molecule has 0 bridgehead atoms. The van der Waals surface area contributed by atoms with Gasteiger partial charge in [-0.05, 0) is 53.2 Å². The minimum atomic E-state index is 0.366. The minimum Gasteiger partial charge on any atom is -0.360 e. The van der Waals surface area contributed by atoms with Crippen molar-refractivity contribution < 1.29 is 4.52 Å². The van der Waals surface area contributed by atoms with E-state index in [2.05, 4.69) is 47.5 Å². The van der Waals surface area contributed by atoms with Gasteiger partial charge in [0.15, 0.2) is 5.76 Å². The molecule has 5 nitrogen and oxygen atoms in total. The van der Waals surface area contributed by atoms with E-state index in [1.165, 1.54) is 32.1 Å². The molecule has 0 saturated heterocycles. The van der Waals surface area contributed by atoms with E-state index in [-0.39, 0.29) is 0 Å². The van der Waals surface area contributed by atoms with Gasteiger partial charge in [0.2, 0.25) is 0 Å². The second-order valence-electron chi connectivity index (χ2n) is 7.08. The van der Waals surface area contributed by atoms with Crippen LogP contribution in [0.3, 0.4) is 0 Å². The van der Waals surface area contributed by atoms with Gasteiger partial charge in [0.1, 0.15) is 0 Å². The summed E-state index contributed by atoms with van der Waals surface area (Å²) in [4.78, 5) is 4.75. The number of hydrogen-bond donors (Lipinski definition) is 1. The molecule has 5 heteroatoms. The van der Waals surface area contributed by atoms with E-state index in [1.54, 1.807) is 0 Å². The van der Waals surface area contributed by atoms with Crippen LogP contribution in [-0.4, -0.2) is 54.2 Å². The van der Waals surface area contributed by atoms with E-state index in [9.17, 15) is 0 Å². The quantitative estimate of drug-likeness (QED) is 0.792. The smallest absolute Gasteiger partial charge is 0.151 e. The molecule has 1 aromatic heterocycles. The normalized spacial score (nSPS) is 21.0. The van der Waals surface area contributed by atoms with Crippen molar-refractivity contribution in [2.45, 2.75) is 56.8 Å². The highest BCUT2D eigenvalue weighted by molar-refractivity contribution is 5.06. The third kappa shape index (κ3) is 3.65. The van der Waals surface area contributed by atoms with Crippen molar-refractivity contribution in [3.05, 3.63) is 17.5 Å². The van der Waals surface area contributed by atoms with E-state index in [4.69, 9.17) is 4.52 Å². The largest absolute Gasteiger partial charge is 0.360 e. The third-order valence-corrected chi connectivity index (χ3v) is 4.98. The fraction of sp³-hybridized carbons (Fsp3) is 0.812. The average Bonchev–Trinajstić information content (AvgIpc) is 3.12. The molecule has 118 valence electrons. The maximum Gasteiger partial charge on any atom is 0.151 e. The topological polar surface area (TPSA) is 44.5 Å². The lowest BCUT2D eigenvalue weighted by Crippen LogP contribution is -2.56. The number of likely N-dealkylation sites (N-methyl/N-ethyl adjacent to an activating group) is 2. The summed E-state index contributed by atoms with van der Waals surface area (Å²) in [6, 6.07) is 2.81. The Bertz CT molecular complexity index is 463. The van der Waals surface area contributed by atoms with Crippen LogP contribution in [0.1, 0.15) is 43.6 Å². The maximum absolute atomic E-state index is 5.47. The molecule has 1 aromatic rings. The Labute approximate surface area is 127 Å². The molecule has 0 aliphatic heterocycles. The van der Waals surface area contributed by atoms with Crippen LogP contribution < -0.4 is 5.32 Å². The summed E-state index contributed by atoms with van der Waals surface area (Å²) < 4.78 is 5.47. The predicted molar refractivity (Wildman–Crippen MR) is 83.0 cm³/mol. The fourth-order valence-corrected chi connectivity index (χ4v) is 3.21. The molecule has 3 rings (SSSR count). The SMILES string of the molecule is CN(Cc1cc(CNC2CC2)no1)CC1(N(C)C)CCC1. The van der Waals surface area contributed by atoms with E-state index in [1.807, 2.05) is 0 Å². The Kier molecular flexibility index (Phi) is 4.33. The lowest BCUT2D eigenvalue weighted by atomic mass is 9.75. The Morgan fingerprint density at radius 2 is 2.10 bits per heavy atom. The standard InChI is InChI=1S/C16H28N4O/c1-19(2)16(7-4-8-16)12-20(3)11-15-9-14(18-21-15)10-17-13-5-6-13/h9,13,17H,4-8,10-12H2,1-3H3. The molecule has 0 atom stereocenters. The molecule has 2 fully saturated rings. The summed E-state index contributed by atoms with van der Waals surface area (Å²) >= 11 is 0. The van der Waals surface area contributed by atoms with E-state index in [0.29, 0.717) is 11.6 Å². The Morgan fingerprint density at radius 3 is 2.67 bits per heavy atom. The van der Waals surface area contributed by atoms with Crippen LogP contribution in [0, 0.1) is 0 Å². The van der Waals surface area contributed by atoms with Gasteiger partial charge < -0.3 is 14.7 Å². The zero-order valence-corrected chi connectivity index (χ0v) is 13.6. The molecule has 2 aliphatic carbocycles. The van der Waals surface area contributed by atoms with Crippen LogP contribution in [0.15, 0.2) is 10.6 Å². The number of aromatic nitrogens is 1. The lowest BCUT2D eigenvalue weighted by Gasteiger charge is -2.49. The van der Waals surface area contributed by atoms with Gasteiger partial charge in [-0.2, -0.15) is 0 Å². The van der Waals surface area contributed by atoms with Crippen LogP contribution in [0.25, 0.3) is 0 Å². The van der Waals surface area contributed by atoms with Gasteiger partial charge >= 0.3 is 0 Å². The third-order valence-electron chi connectivity index (χ3n) is 4.98. The molecule has 0 spiro atoms. The first-order chi connectivity index (χ1) is 10.1. The van der Waals surface area contributed by atoms with Gasteiger partial charge in [0.05, 0.1) is 12.2 Å². The van der Waals surface area contributed by atoms with Gasteiger partial charge in [-0.3, -0.25) is 4.90 Å². The summed E-state index contributed by atoms with van der Waals surface area (Å²) in [6.45, 7) is 2.77. The predicted octanol–water partition coefficient (Wildman–Crippen LogP) is 1.84. The van der Waals surface area contributed by atoms with Crippen LogP contribution in [-0.2, 0) is 13.1 Å². The molecule has 21 heavy (non-hydrogen) atoms. The molecule has 0 amide bonds. The zero-order valence-electron chi connectivity index (χ0n) is 13.6. The Morgan fingerprint density at radius 1 is 1.33 bits per heavy atom. The van der Waals surface area contributed by atoms with Crippen molar-refractivity contribution >= 4 is 0 Å². The Balaban J connectivity index is 1.48. The number of rotatable bonds is 8. The number of nitrogens with zero attached hydrogens (tertiary/aromatic N) is 3. The van der Waals surface area contributed by atoms with Crippen molar-refractivity contribution in [1.82, 2.24) is 20.3 Å². The van der Waals surface area contributed by atoms with Crippen molar-refractivity contribution in [2.75, 3.05) is 27.7 Å². The molecule has 2 saturated carbocycles. The first-order valence-electron chi connectivity index (χ1n) is 8.11. The van der Waals surface area contributed by atoms with E-state index >= 15 is 0 Å². The molecule has 0 aromatic carbocycles. The van der Waals surface area contributed by atoms with Gasteiger partial charge in [-0.25, -0.2) is 0 Å². The highest BCUT2D eigenvalue weighted by atomic mass is 16.5. The summed E-state index contributed by atoms with van der Waals surface area (Å²) in [7, 11) is 6.57. The fourth-order valence-electron chi connectivity index (χ4n) is 3.21. The Hall–Kier alpha value is -0.910. The van der Waals surface area contributed by atoms with Crippen LogP contribution >= 0.6 is 0 Å². The van der Waals surface area contributed by atoms with E-state index < -0.39 is 0 Å². The summed E-state index contributed by atoms with van der Waals surface area (Å²) in [5.41, 5.74) is 1.39. The zero-order chi connectivity index (χ0) is 14.9. The van der Waals surface area contributed by atoms with Crippen molar-refractivity contribution in [3.8, 4) is 0 Å². The summed E-state index contributed by atoms with van der Waals surface area (Å²) in [6.07, 6.45) is 6.57. The van der Waals surface area contributed by atoms with Crippen LogP contribution in [0.5, 0.6) is 0 Å². The number of hydrogen-bond acceptors (Lipinski definition) is 5. The summed E-state index contributed by atoms with van der Waals surface area (Å²) in [5.74, 6) is 0.971. The first-order valence-corrected chi connectivity index (χ1v) is 8.11. The number of nitrogens with one attached hydrogen (secondary N) is 1. The summed E-state index contributed by atoms with van der Waals surface area (Å²) in [5, 5.41) is 7.63. The molecule has 0 radical (unpaired) electrons. The van der Waals surface area contributed by atoms with Crippen LogP contribution in [0.4, 0.5) is 0 Å². The molecule has 1 heterocycles. The second-order valence-corrected chi connectivity index (χ2v) is 7.08. The van der Waals surface area contributed by atoms with Crippen molar-refractivity contribution in [1.29, 1.82) is 0 Å². The van der Waals surface area contributed by atoms with E-state index in [0.717, 1.165) is 31.1 Å². The highest BCUT2D eigenvalue weighted by Gasteiger charge is 2.39. The highest BCUT2D eigenvalue weighted by Crippen LogP contribution is 2.36. The second kappa shape index (κ2) is 6.07. The molecule has 1 N–H and O–H groups in total. The molecule has 2 aliphatic rings. The van der Waals surface area contributed by atoms with Crippen molar-refractivity contribution in [3.63, 3.8) is 0 Å². The average molecular weight is 292 g/mol. The van der Waals surface area contributed by atoms with Gasteiger partial charge in [-0.15, -0.1) is 0 Å². The molecular formula is C16H28N4O. The monoisotopic (exact) mass is 292 g/mol. The minimum absolute atomic E-state index is 0.366. The first kappa shape index (κ1) is 15.0. The maximum atomic E-state index is 5.47. The van der Waals surface area contributed by atoms with Gasteiger partial charge in [0.25, 0.3) is 0 Å². The molecular weight excluding hydrogens is 264 g/mol. The molecule has 0 unspecified atom stereocenters. The van der Waals surface area contributed by atoms with Crippen LogP contribution in [0.2, 0.25) is 0 Å². The van der Waals surface area contributed by atoms with Gasteiger partial charge in [-0.1, -0.05) is 5.16 Å².